The Bertz CT molecular complexity index is 742. The van der Waals surface area contributed by atoms with E-state index in [1.54, 1.807) is 18.2 Å². The first-order chi connectivity index (χ1) is 13.0. The first kappa shape index (κ1) is 18.8. The zero-order chi connectivity index (χ0) is 19.4. The summed E-state index contributed by atoms with van der Waals surface area (Å²) in [5, 5.41) is 16.5. The highest BCUT2D eigenvalue weighted by Crippen LogP contribution is 2.37. The average molecular weight is 374 g/mol. The van der Waals surface area contributed by atoms with E-state index in [0.717, 1.165) is 17.7 Å². The number of nitrogens with one attached hydrogen (secondary N) is 2. The molecule has 2 fully saturated rings. The number of nitro groups is 1. The molecule has 144 valence electrons. The van der Waals surface area contributed by atoms with Crippen LogP contribution in [0.15, 0.2) is 24.3 Å². The number of imide groups is 1. The fourth-order valence-electron chi connectivity index (χ4n) is 3.77. The number of amides is 3. The number of para-hydroxylation sites is 2. The van der Waals surface area contributed by atoms with E-state index in [4.69, 9.17) is 0 Å². The summed E-state index contributed by atoms with van der Waals surface area (Å²) in [4.78, 5) is 48.3. The van der Waals surface area contributed by atoms with Crippen molar-refractivity contribution in [3.8, 4) is 0 Å². The van der Waals surface area contributed by atoms with Gasteiger partial charge in [0.25, 0.3) is 5.69 Å². The number of likely N-dealkylation sites (tertiary alicyclic amines) is 1. The van der Waals surface area contributed by atoms with Gasteiger partial charge >= 0.3 is 0 Å². The van der Waals surface area contributed by atoms with E-state index < -0.39 is 10.8 Å². The van der Waals surface area contributed by atoms with Crippen molar-refractivity contribution in [3.05, 3.63) is 34.4 Å². The molecule has 1 saturated carbocycles. The summed E-state index contributed by atoms with van der Waals surface area (Å²) in [5.41, 5.74) is 0.324. The van der Waals surface area contributed by atoms with Crippen molar-refractivity contribution in [1.29, 1.82) is 0 Å². The van der Waals surface area contributed by atoms with Crippen LogP contribution < -0.4 is 10.6 Å². The Labute approximate surface area is 156 Å². The molecule has 0 bridgehead atoms. The van der Waals surface area contributed by atoms with Crippen LogP contribution in [0.2, 0.25) is 0 Å². The molecule has 1 heterocycles. The summed E-state index contributed by atoms with van der Waals surface area (Å²) in [7, 11) is 0. The molecular formula is C18H22N4O5. The van der Waals surface area contributed by atoms with E-state index in [9.17, 15) is 24.5 Å². The molecule has 3 amide bonds. The lowest BCUT2D eigenvalue weighted by atomic mass is 9.81. The lowest BCUT2D eigenvalue weighted by molar-refractivity contribution is -0.384. The Hall–Kier alpha value is -2.97. The molecule has 1 aliphatic heterocycles. The van der Waals surface area contributed by atoms with Gasteiger partial charge in [0.1, 0.15) is 12.2 Å². The number of nitro benzene ring substituents is 1. The van der Waals surface area contributed by atoms with E-state index in [2.05, 4.69) is 10.6 Å². The first-order valence-corrected chi connectivity index (χ1v) is 9.08. The summed E-state index contributed by atoms with van der Waals surface area (Å²) in [6, 6.07) is 6.24. The molecule has 0 spiro atoms. The van der Waals surface area contributed by atoms with Crippen LogP contribution in [-0.2, 0) is 14.4 Å². The minimum Gasteiger partial charge on any atom is -0.378 e. The largest absolute Gasteiger partial charge is 0.378 e. The minimum absolute atomic E-state index is 0.0420. The van der Waals surface area contributed by atoms with Crippen molar-refractivity contribution in [3.63, 3.8) is 0 Å². The third kappa shape index (κ3) is 4.07. The summed E-state index contributed by atoms with van der Waals surface area (Å²) in [6.07, 6.45) is 3.31. The van der Waals surface area contributed by atoms with Crippen molar-refractivity contribution in [2.45, 2.75) is 25.7 Å². The second kappa shape index (κ2) is 8.15. The standard InChI is InChI=1S/C18H22N4O5/c23-16(11-21-17(24)12-5-1-2-6-13(12)18(21)25)20-10-9-19-14-7-3-4-8-15(14)22(26)27/h3-4,7-8,12-13,19H,1-2,5-6,9-11H2,(H,20,23)/t12-,13+. The summed E-state index contributed by atoms with van der Waals surface area (Å²) >= 11 is 0. The lowest BCUT2D eigenvalue weighted by Crippen LogP contribution is -2.42. The lowest BCUT2D eigenvalue weighted by Gasteiger charge is -2.19. The highest BCUT2D eigenvalue weighted by atomic mass is 16.6. The summed E-state index contributed by atoms with van der Waals surface area (Å²) in [5.74, 6) is -1.42. The molecule has 1 aromatic carbocycles. The van der Waals surface area contributed by atoms with Gasteiger partial charge in [0.15, 0.2) is 0 Å². The SMILES string of the molecule is O=C(CN1C(=O)[C@H]2CCCC[C@H]2C1=O)NCCNc1ccccc1[N+](=O)[O-]. The number of hydrogen-bond acceptors (Lipinski definition) is 6. The minimum atomic E-state index is -0.481. The highest BCUT2D eigenvalue weighted by molar-refractivity contribution is 6.07. The fraction of sp³-hybridized carbons (Fsp3) is 0.500. The van der Waals surface area contributed by atoms with E-state index >= 15 is 0 Å². The van der Waals surface area contributed by atoms with Gasteiger partial charge in [-0.1, -0.05) is 25.0 Å². The zero-order valence-electron chi connectivity index (χ0n) is 14.8. The van der Waals surface area contributed by atoms with Gasteiger partial charge in [-0.05, 0) is 18.9 Å². The number of fused-ring (bicyclic) bond motifs is 1. The molecule has 9 heteroatoms. The Balaban J connectivity index is 1.46. The van der Waals surface area contributed by atoms with Crippen LogP contribution in [0.3, 0.4) is 0 Å². The number of nitrogens with zero attached hydrogens (tertiary/aromatic N) is 2. The molecule has 0 radical (unpaired) electrons. The predicted octanol–water partition coefficient (Wildman–Crippen LogP) is 1.30. The van der Waals surface area contributed by atoms with E-state index in [1.165, 1.54) is 6.07 Å². The molecular weight excluding hydrogens is 352 g/mol. The Morgan fingerprint density at radius 3 is 2.37 bits per heavy atom. The van der Waals surface area contributed by atoms with Crippen molar-refractivity contribution in [2.24, 2.45) is 11.8 Å². The molecule has 2 atom stereocenters. The number of benzene rings is 1. The third-order valence-electron chi connectivity index (χ3n) is 5.10. The van der Waals surface area contributed by atoms with Crippen LogP contribution in [-0.4, -0.2) is 47.2 Å². The quantitative estimate of drug-likeness (QED) is 0.321. The molecule has 0 unspecified atom stereocenters. The molecule has 9 nitrogen and oxygen atoms in total. The van der Waals surface area contributed by atoms with Crippen LogP contribution in [0, 0.1) is 22.0 Å². The van der Waals surface area contributed by atoms with Gasteiger partial charge in [0, 0.05) is 19.2 Å². The number of anilines is 1. The Morgan fingerprint density at radius 2 is 1.74 bits per heavy atom. The predicted molar refractivity (Wildman–Crippen MR) is 96.8 cm³/mol. The van der Waals surface area contributed by atoms with Crippen molar-refractivity contribution < 1.29 is 19.3 Å². The van der Waals surface area contributed by atoms with Crippen LogP contribution in [0.25, 0.3) is 0 Å². The molecule has 27 heavy (non-hydrogen) atoms. The molecule has 0 aromatic heterocycles. The topological polar surface area (TPSA) is 122 Å². The van der Waals surface area contributed by atoms with Gasteiger partial charge in [-0.25, -0.2) is 0 Å². The van der Waals surface area contributed by atoms with E-state index in [0.29, 0.717) is 18.5 Å². The molecule has 1 saturated heterocycles. The summed E-state index contributed by atoms with van der Waals surface area (Å²) < 4.78 is 0. The van der Waals surface area contributed by atoms with Crippen LogP contribution in [0.5, 0.6) is 0 Å². The highest BCUT2D eigenvalue weighted by Gasteiger charge is 2.48. The number of rotatable bonds is 7. The van der Waals surface area contributed by atoms with Gasteiger partial charge in [-0.3, -0.25) is 29.4 Å². The van der Waals surface area contributed by atoms with Gasteiger partial charge in [0.2, 0.25) is 17.7 Å². The maximum absolute atomic E-state index is 12.4. The summed E-state index contributed by atoms with van der Waals surface area (Å²) in [6.45, 7) is 0.230. The Kier molecular flexibility index (Phi) is 5.68. The van der Waals surface area contributed by atoms with Crippen LogP contribution >= 0.6 is 0 Å². The molecule has 2 aliphatic rings. The first-order valence-electron chi connectivity index (χ1n) is 9.08. The number of carbonyl (C=O) groups excluding carboxylic acids is 3. The van der Waals surface area contributed by atoms with Crippen molar-refractivity contribution >= 4 is 29.1 Å². The van der Waals surface area contributed by atoms with Crippen LogP contribution in [0.4, 0.5) is 11.4 Å². The van der Waals surface area contributed by atoms with Crippen molar-refractivity contribution in [1.82, 2.24) is 10.2 Å². The average Bonchev–Trinajstić information content (AvgIpc) is 2.91. The number of hydrogen-bond donors (Lipinski definition) is 2. The molecule has 3 rings (SSSR count). The van der Waals surface area contributed by atoms with E-state index in [1.807, 2.05) is 0 Å². The Morgan fingerprint density at radius 1 is 1.11 bits per heavy atom. The second-order valence-electron chi connectivity index (χ2n) is 6.81. The maximum atomic E-state index is 12.4. The fourth-order valence-corrected chi connectivity index (χ4v) is 3.77. The zero-order valence-corrected chi connectivity index (χ0v) is 14.8. The van der Waals surface area contributed by atoms with Gasteiger partial charge < -0.3 is 10.6 Å². The normalized spacial score (nSPS) is 21.7. The van der Waals surface area contributed by atoms with E-state index in [-0.39, 0.29) is 49.0 Å². The smallest absolute Gasteiger partial charge is 0.292 e. The maximum Gasteiger partial charge on any atom is 0.292 e. The molecule has 1 aromatic rings. The molecule has 1 aliphatic carbocycles. The van der Waals surface area contributed by atoms with Gasteiger partial charge in [-0.15, -0.1) is 0 Å². The third-order valence-corrected chi connectivity index (χ3v) is 5.10. The van der Waals surface area contributed by atoms with Crippen molar-refractivity contribution in [2.75, 3.05) is 25.0 Å². The van der Waals surface area contributed by atoms with Crippen LogP contribution in [0.1, 0.15) is 25.7 Å². The molecule has 2 N–H and O–H groups in total. The van der Waals surface area contributed by atoms with Gasteiger partial charge in [-0.2, -0.15) is 0 Å². The second-order valence-corrected chi connectivity index (χ2v) is 6.81. The number of carbonyl (C=O) groups is 3. The van der Waals surface area contributed by atoms with Gasteiger partial charge in [0.05, 0.1) is 16.8 Å². The monoisotopic (exact) mass is 374 g/mol.